The molecule has 0 aliphatic carbocycles. The van der Waals surface area contributed by atoms with Crippen LogP contribution in [0, 0.1) is 0 Å². The van der Waals surface area contributed by atoms with Crippen LogP contribution in [0.5, 0.6) is 0 Å². The monoisotopic (exact) mass is 220 g/mol. The van der Waals surface area contributed by atoms with E-state index in [0.29, 0.717) is 6.10 Å². The molecule has 0 bridgehead atoms. The fourth-order valence-corrected chi connectivity index (χ4v) is 2.32. The van der Waals surface area contributed by atoms with E-state index in [9.17, 15) is 0 Å². The molecule has 1 N–H and O–H groups in total. The minimum atomic E-state index is 0.240. The van der Waals surface area contributed by atoms with Crippen LogP contribution in [0.2, 0.25) is 0 Å². The maximum Gasteiger partial charge on any atom is 0.0849 e. The number of nitrogens with one attached hydrogen (secondary N) is 1. The first-order valence-electron chi connectivity index (χ1n) is 6.12. The molecular weight excluding hydrogens is 200 g/mol. The average molecular weight is 220 g/mol. The molecule has 16 heavy (non-hydrogen) atoms. The number of nitrogens with zero attached hydrogens (tertiary/aromatic N) is 1. The SMILES string of the molecule is CC[C@@H]1CCCC(c2ccncc2NC)O1. The van der Waals surface area contributed by atoms with E-state index < -0.39 is 0 Å². The van der Waals surface area contributed by atoms with Gasteiger partial charge in [0, 0.05) is 18.8 Å². The molecule has 1 aliphatic rings. The summed E-state index contributed by atoms with van der Waals surface area (Å²) in [6, 6.07) is 2.06. The molecule has 3 heteroatoms. The summed E-state index contributed by atoms with van der Waals surface area (Å²) in [5.41, 5.74) is 2.33. The lowest BCUT2D eigenvalue weighted by Crippen LogP contribution is -2.22. The van der Waals surface area contributed by atoms with Gasteiger partial charge >= 0.3 is 0 Å². The summed E-state index contributed by atoms with van der Waals surface area (Å²) in [5, 5.41) is 3.18. The molecule has 3 nitrogen and oxygen atoms in total. The fourth-order valence-electron chi connectivity index (χ4n) is 2.32. The van der Waals surface area contributed by atoms with E-state index in [1.54, 1.807) is 0 Å². The Kier molecular flexibility index (Phi) is 3.78. The lowest BCUT2D eigenvalue weighted by atomic mass is 9.97. The van der Waals surface area contributed by atoms with E-state index >= 15 is 0 Å². The summed E-state index contributed by atoms with van der Waals surface area (Å²) in [7, 11) is 1.93. The molecule has 0 spiro atoms. The van der Waals surface area contributed by atoms with E-state index in [0.717, 1.165) is 18.5 Å². The van der Waals surface area contributed by atoms with Crippen molar-refractivity contribution in [3.63, 3.8) is 0 Å². The number of hydrogen-bond acceptors (Lipinski definition) is 3. The zero-order valence-electron chi connectivity index (χ0n) is 10.1. The number of anilines is 1. The molecule has 1 unspecified atom stereocenters. The van der Waals surface area contributed by atoms with Crippen molar-refractivity contribution in [3.8, 4) is 0 Å². The van der Waals surface area contributed by atoms with Crippen molar-refractivity contribution in [3.05, 3.63) is 24.0 Å². The summed E-state index contributed by atoms with van der Waals surface area (Å²) in [6.45, 7) is 2.19. The number of ether oxygens (including phenoxy) is 1. The molecule has 88 valence electrons. The zero-order chi connectivity index (χ0) is 11.4. The molecule has 2 heterocycles. The Morgan fingerprint density at radius 1 is 1.50 bits per heavy atom. The number of hydrogen-bond donors (Lipinski definition) is 1. The van der Waals surface area contributed by atoms with E-state index in [1.165, 1.54) is 18.4 Å². The quantitative estimate of drug-likeness (QED) is 0.849. The molecule has 1 aromatic rings. The molecule has 2 atom stereocenters. The van der Waals surface area contributed by atoms with Gasteiger partial charge in [0.2, 0.25) is 0 Å². The molecule has 1 aromatic heterocycles. The second-order valence-corrected chi connectivity index (χ2v) is 4.30. The van der Waals surface area contributed by atoms with Crippen LogP contribution in [0.3, 0.4) is 0 Å². The van der Waals surface area contributed by atoms with Gasteiger partial charge in [0.25, 0.3) is 0 Å². The first-order valence-corrected chi connectivity index (χ1v) is 6.12. The Balaban J connectivity index is 2.16. The van der Waals surface area contributed by atoms with Crippen LogP contribution in [-0.4, -0.2) is 18.1 Å². The van der Waals surface area contributed by atoms with E-state index in [-0.39, 0.29) is 6.10 Å². The highest BCUT2D eigenvalue weighted by molar-refractivity contribution is 5.49. The van der Waals surface area contributed by atoms with Gasteiger partial charge in [-0.25, -0.2) is 0 Å². The lowest BCUT2D eigenvalue weighted by molar-refractivity contribution is -0.0522. The molecule has 1 fully saturated rings. The van der Waals surface area contributed by atoms with Gasteiger partial charge in [0.1, 0.15) is 0 Å². The van der Waals surface area contributed by atoms with Crippen LogP contribution in [0.1, 0.15) is 44.3 Å². The van der Waals surface area contributed by atoms with Gasteiger partial charge in [0.15, 0.2) is 0 Å². The smallest absolute Gasteiger partial charge is 0.0849 e. The second kappa shape index (κ2) is 5.30. The molecular formula is C13H20N2O. The molecule has 2 rings (SSSR count). The third-order valence-electron chi connectivity index (χ3n) is 3.28. The Morgan fingerprint density at radius 3 is 3.12 bits per heavy atom. The first-order chi connectivity index (χ1) is 7.85. The number of aromatic nitrogens is 1. The molecule has 1 aliphatic heterocycles. The van der Waals surface area contributed by atoms with Crippen molar-refractivity contribution in [2.45, 2.75) is 44.8 Å². The maximum absolute atomic E-state index is 6.10. The molecule has 0 amide bonds. The Hall–Kier alpha value is -1.09. The fraction of sp³-hybridized carbons (Fsp3) is 0.615. The highest BCUT2D eigenvalue weighted by Crippen LogP contribution is 2.35. The molecule has 0 radical (unpaired) electrons. The van der Waals surface area contributed by atoms with Gasteiger partial charge in [0.05, 0.1) is 24.1 Å². The van der Waals surface area contributed by atoms with Crippen LogP contribution in [-0.2, 0) is 4.74 Å². The standard InChI is InChI=1S/C13H20N2O/c1-3-10-5-4-6-13(16-10)11-7-8-15-9-12(11)14-2/h7-10,13-14H,3-6H2,1-2H3/t10-,13?/m1/s1. The topological polar surface area (TPSA) is 34.2 Å². The van der Waals surface area contributed by atoms with Gasteiger partial charge in [-0.3, -0.25) is 4.98 Å². The highest BCUT2D eigenvalue weighted by Gasteiger charge is 2.24. The predicted molar refractivity (Wildman–Crippen MR) is 65.5 cm³/mol. The Labute approximate surface area is 97.2 Å². The van der Waals surface area contributed by atoms with Crippen molar-refractivity contribution >= 4 is 5.69 Å². The van der Waals surface area contributed by atoms with Crippen molar-refractivity contribution in [2.24, 2.45) is 0 Å². The van der Waals surface area contributed by atoms with Crippen LogP contribution in [0.4, 0.5) is 5.69 Å². The summed E-state index contributed by atoms with van der Waals surface area (Å²) in [4.78, 5) is 4.13. The van der Waals surface area contributed by atoms with Crippen molar-refractivity contribution in [2.75, 3.05) is 12.4 Å². The minimum Gasteiger partial charge on any atom is -0.387 e. The third kappa shape index (κ3) is 2.35. The second-order valence-electron chi connectivity index (χ2n) is 4.30. The lowest BCUT2D eigenvalue weighted by Gasteiger charge is -2.30. The van der Waals surface area contributed by atoms with Crippen LogP contribution in [0.25, 0.3) is 0 Å². The summed E-state index contributed by atoms with van der Waals surface area (Å²) in [6.07, 6.45) is 9.07. The van der Waals surface area contributed by atoms with E-state index in [2.05, 4.69) is 23.3 Å². The average Bonchev–Trinajstić information content (AvgIpc) is 2.38. The zero-order valence-corrected chi connectivity index (χ0v) is 10.1. The van der Waals surface area contributed by atoms with Crippen LogP contribution >= 0.6 is 0 Å². The van der Waals surface area contributed by atoms with Crippen molar-refractivity contribution < 1.29 is 4.74 Å². The summed E-state index contributed by atoms with van der Waals surface area (Å²) >= 11 is 0. The largest absolute Gasteiger partial charge is 0.387 e. The molecule has 1 saturated heterocycles. The first kappa shape index (κ1) is 11.4. The number of pyridine rings is 1. The highest BCUT2D eigenvalue weighted by atomic mass is 16.5. The van der Waals surface area contributed by atoms with E-state index in [1.807, 2.05) is 19.4 Å². The van der Waals surface area contributed by atoms with Gasteiger partial charge in [-0.1, -0.05) is 6.92 Å². The minimum absolute atomic E-state index is 0.240. The summed E-state index contributed by atoms with van der Waals surface area (Å²) < 4.78 is 6.10. The van der Waals surface area contributed by atoms with Gasteiger partial charge < -0.3 is 10.1 Å². The number of rotatable bonds is 3. The Bertz CT molecular complexity index is 340. The molecule has 0 saturated carbocycles. The molecule has 0 aromatic carbocycles. The van der Waals surface area contributed by atoms with E-state index in [4.69, 9.17) is 4.74 Å². The van der Waals surface area contributed by atoms with Crippen molar-refractivity contribution in [1.29, 1.82) is 0 Å². The van der Waals surface area contributed by atoms with Gasteiger partial charge in [-0.05, 0) is 31.7 Å². The maximum atomic E-state index is 6.10. The normalized spacial score (nSPS) is 25.4. The van der Waals surface area contributed by atoms with Crippen LogP contribution < -0.4 is 5.32 Å². The van der Waals surface area contributed by atoms with Crippen LogP contribution in [0.15, 0.2) is 18.5 Å². The van der Waals surface area contributed by atoms with Gasteiger partial charge in [-0.2, -0.15) is 0 Å². The predicted octanol–water partition coefficient (Wildman–Crippen LogP) is 3.14. The van der Waals surface area contributed by atoms with Gasteiger partial charge in [-0.15, -0.1) is 0 Å². The Morgan fingerprint density at radius 2 is 2.38 bits per heavy atom. The third-order valence-corrected chi connectivity index (χ3v) is 3.28. The summed E-state index contributed by atoms with van der Waals surface area (Å²) in [5.74, 6) is 0. The van der Waals surface area contributed by atoms with Crippen molar-refractivity contribution in [1.82, 2.24) is 4.98 Å².